The molecule has 0 aromatic carbocycles. The first-order chi connectivity index (χ1) is 4.63. The van der Waals surface area contributed by atoms with Crippen LogP contribution in [0.1, 0.15) is 16.3 Å². The molecule has 0 unspecified atom stereocenters. The molecule has 0 bridgehead atoms. The van der Waals surface area contributed by atoms with Crippen molar-refractivity contribution in [1.82, 2.24) is 9.55 Å². The second kappa shape index (κ2) is 2.13. The van der Waals surface area contributed by atoms with Crippen LogP contribution in [0, 0.1) is 6.92 Å². The molecule has 0 atom stereocenters. The average molecular weight is 139 g/mol. The lowest BCUT2D eigenvalue weighted by atomic mass is 10.5. The highest BCUT2D eigenvalue weighted by Crippen LogP contribution is 1.98. The molecule has 0 radical (unpaired) electrons. The van der Waals surface area contributed by atoms with Gasteiger partial charge in [-0.2, -0.15) is 0 Å². The van der Waals surface area contributed by atoms with E-state index in [2.05, 4.69) is 4.98 Å². The molecular formula is C6H9N3O. The van der Waals surface area contributed by atoms with Gasteiger partial charge >= 0.3 is 0 Å². The summed E-state index contributed by atoms with van der Waals surface area (Å²) in [6.07, 6.45) is 1.61. The Morgan fingerprint density at radius 2 is 2.40 bits per heavy atom. The maximum atomic E-state index is 10.6. The zero-order valence-corrected chi connectivity index (χ0v) is 5.96. The predicted octanol–water partition coefficient (Wildman–Crippen LogP) is -0.173. The Kier molecular flexibility index (Phi) is 1.45. The zero-order chi connectivity index (χ0) is 7.72. The molecular weight excluding hydrogens is 130 g/mol. The molecule has 0 aliphatic heterocycles. The Bertz CT molecular complexity index is 264. The molecule has 1 aromatic heterocycles. The van der Waals surface area contributed by atoms with Gasteiger partial charge in [0.2, 0.25) is 0 Å². The number of aromatic nitrogens is 2. The zero-order valence-electron chi connectivity index (χ0n) is 5.96. The van der Waals surface area contributed by atoms with Crippen LogP contribution in [-0.4, -0.2) is 15.5 Å². The van der Waals surface area contributed by atoms with Gasteiger partial charge in [0.05, 0.1) is 0 Å². The minimum absolute atomic E-state index is 0.303. The first-order valence-corrected chi connectivity index (χ1v) is 2.91. The number of carbonyl (C=O) groups is 1. The third-order valence-corrected chi connectivity index (χ3v) is 1.44. The van der Waals surface area contributed by atoms with Gasteiger partial charge in [-0.3, -0.25) is 4.79 Å². The number of imidazole rings is 1. The van der Waals surface area contributed by atoms with E-state index < -0.39 is 5.91 Å². The van der Waals surface area contributed by atoms with Crippen molar-refractivity contribution >= 4 is 5.91 Å². The van der Waals surface area contributed by atoms with Crippen LogP contribution in [0.15, 0.2) is 6.20 Å². The number of aryl methyl sites for hydroxylation is 1. The van der Waals surface area contributed by atoms with E-state index in [-0.39, 0.29) is 0 Å². The first kappa shape index (κ1) is 6.80. The van der Waals surface area contributed by atoms with Crippen LogP contribution < -0.4 is 5.73 Å². The fraction of sp³-hybridized carbons (Fsp3) is 0.333. The van der Waals surface area contributed by atoms with Crippen molar-refractivity contribution in [2.24, 2.45) is 12.8 Å². The van der Waals surface area contributed by atoms with Crippen molar-refractivity contribution in [3.8, 4) is 0 Å². The quantitative estimate of drug-likeness (QED) is 0.587. The third kappa shape index (κ3) is 0.877. The number of amides is 1. The van der Waals surface area contributed by atoms with Crippen molar-refractivity contribution in [3.05, 3.63) is 17.7 Å². The summed E-state index contributed by atoms with van der Waals surface area (Å²) in [6, 6.07) is 0. The largest absolute Gasteiger partial charge is 0.363 e. The predicted molar refractivity (Wildman–Crippen MR) is 36.5 cm³/mol. The Morgan fingerprint density at radius 3 is 2.60 bits per heavy atom. The van der Waals surface area contributed by atoms with Gasteiger partial charge in [0.1, 0.15) is 0 Å². The first-order valence-electron chi connectivity index (χ1n) is 2.91. The van der Waals surface area contributed by atoms with Gasteiger partial charge < -0.3 is 10.3 Å². The van der Waals surface area contributed by atoms with Gasteiger partial charge in [-0.05, 0) is 6.92 Å². The van der Waals surface area contributed by atoms with Crippen molar-refractivity contribution in [3.63, 3.8) is 0 Å². The number of nitrogens with zero attached hydrogens (tertiary/aromatic N) is 2. The van der Waals surface area contributed by atoms with E-state index in [9.17, 15) is 4.79 Å². The van der Waals surface area contributed by atoms with E-state index in [1.54, 1.807) is 17.8 Å². The molecule has 1 aromatic rings. The highest BCUT2D eigenvalue weighted by atomic mass is 16.1. The standard InChI is InChI=1S/C6H9N3O/c1-4-3-8-6(5(7)10)9(4)2/h3H,1-2H3,(H2,7,10). The molecule has 4 heteroatoms. The molecule has 1 amide bonds. The van der Waals surface area contributed by atoms with Crippen LogP contribution in [0.25, 0.3) is 0 Å². The normalized spacial score (nSPS) is 9.80. The number of hydrogen-bond donors (Lipinski definition) is 1. The van der Waals surface area contributed by atoms with Crippen LogP contribution in [0.4, 0.5) is 0 Å². The fourth-order valence-corrected chi connectivity index (χ4v) is 0.724. The van der Waals surface area contributed by atoms with Crippen molar-refractivity contribution in [2.45, 2.75) is 6.92 Å². The van der Waals surface area contributed by atoms with Crippen LogP contribution >= 0.6 is 0 Å². The van der Waals surface area contributed by atoms with Crippen molar-refractivity contribution in [2.75, 3.05) is 0 Å². The summed E-state index contributed by atoms with van der Waals surface area (Å²) >= 11 is 0. The molecule has 2 N–H and O–H groups in total. The molecule has 54 valence electrons. The van der Waals surface area contributed by atoms with Crippen LogP contribution in [0.3, 0.4) is 0 Å². The molecule has 0 spiro atoms. The molecule has 1 heterocycles. The second-order valence-corrected chi connectivity index (χ2v) is 2.15. The Hall–Kier alpha value is -1.32. The summed E-state index contributed by atoms with van der Waals surface area (Å²) in [4.78, 5) is 14.4. The molecule has 0 aliphatic rings. The van der Waals surface area contributed by atoms with E-state index in [0.29, 0.717) is 5.82 Å². The summed E-state index contributed by atoms with van der Waals surface area (Å²) in [7, 11) is 1.75. The summed E-state index contributed by atoms with van der Waals surface area (Å²) in [6.45, 7) is 1.86. The number of rotatable bonds is 1. The molecule has 0 fully saturated rings. The van der Waals surface area contributed by atoms with E-state index in [0.717, 1.165) is 5.69 Å². The van der Waals surface area contributed by atoms with Gasteiger partial charge in [-0.25, -0.2) is 4.98 Å². The molecule has 1 rings (SSSR count). The second-order valence-electron chi connectivity index (χ2n) is 2.15. The number of carbonyl (C=O) groups excluding carboxylic acids is 1. The smallest absolute Gasteiger partial charge is 0.284 e. The van der Waals surface area contributed by atoms with Gasteiger partial charge in [0, 0.05) is 18.9 Å². The van der Waals surface area contributed by atoms with Gasteiger partial charge in [-0.15, -0.1) is 0 Å². The maximum Gasteiger partial charge on any atom is 0.284 e. The number of primary amides is 1. The summed E-state index contributed by atoms with van der Waals surface area (Å²) in [5, 5.41) is 0. The van der Waals surface area contributed by atoms with Gasteiger partial charge in [-0.1, -0.05) is 0 Å². The SMILES string of the molecule is Cc1cnc(C(N)=O)n1C. The van der Waals surface area contributed by atoms with E-state index in [1.807, 2.05) is 6.92 Å². The van der Waals surface area contributed by atoms with E-state index in [4.69, 9.17) is 5.73 Å². The summed E-state index contributed by atoms with van der Waals surface area (Å²) < 4.78 is 1.66. The molecule has 4 nitrogen and oxygen atoms in total. The summed E-state index contributed by atoms with van der Waals surface area (Å²) in [5.74, 6) is -0.187. The van der Waals surface area contributed by atoms with E-state index >= 15 is 0 Å². The Morgan fingerprint density at radius 1 is 1.80 bits per heavy atom. The number of hydrogen-bond acceptors (Lipinski definition) is 2. The lowest BCUT2D eigenvalue weighted by Crippen LogP contribution is -2.16. The molecule has 0 saturated heterocycles. The van der Waals surface area contributed by atoms with Crippen molar-refractivity contribution in [1.29, 1.82) is 0 Å². The van der Waals surface area contributed by atoms with Gasteiger partial charge in [0.25, 0.3) is 5.91 Å². The average Bonchev–Trinajstić information content (AvgIpc) is 2.14. The topological polar surface area (TPSA) is 60.9 Å². The Balaban J connectivity index is 3.17. The lowest BCUT2D eigenvalue weighted by Gasteiger charge is -1.96. The maximum absolute atomic E-state index is 10.6. The summed E-state index contributed by atoms with van der Waals surface area (Å²) in [5.41, 5.74) is 5.93. The van der Waals surface area contributed by atoms with Crippen molar-refractivity contribution < 1.29 is 4.79 Å². The highest BCUT2D eigenvalue weighted by molar-refractivity contribution is 5.89. The minimum Gasteiger partial charge on any atom is -0.363 e. The van der Waals surface area contributed by atoms with Crippen LogP contribution in [0.5, 0.6) is 0 Å². The minimum atomic E-state index is -0.490. The highest BCUT2D eigenvalue weighted by Gasteiger charge is 2.06. The van der Waals surface area contributed by atoms with E-state index in [1.165, 1.54) is 0 Å². The Labute approximate surface area is 58.7 Å². The molecule has 10 heavy (non-hydrogen) atoms. The fourth-order valence-electron chi connectivity index (χ4n) is 0.724. The monoisotopic (exact) mass is 139 g/mol. The van der Waals surface area contributed by atoms with Crippen LogP contribution in [-0.2, 0) is 7.05 Å². The number of nitrogens with two attached hydrogens (primary N) is 1. The molecule has 0 aliphatic carbocycles. The third-order valence-electron chi connectivity index (χ3n) is 1.44. The van der Waals surface area contributed by atoms with Crippen LogP contribution in [0.2, 0.25) is 0 Å². The molecule has 0 saturated carbocycles. The van der Waals surface area contributed by atoms with Gasteiger partial charge in [0.15, 0.2) is 5.82 Å². The lowest BCUT2D eigenvalue weighted by molar-refractivity contribution is 0.0987.